The summed E-state index contributed by atoms with van der Waals surface area (Å²) in [4.78, 5) is 13.0. The van der Waals surface area contributed by atoms with Crippen molar-refractivity contribution in [2.75, 3.05) is 18.0 Å². The number of hydrogen-bond donors (Lipinski definition) is 1. The van der Waals surface area contributed by atoms with E-state index in [0.29, 0.717) is 17.2 Å². The van der Waals surface area contributed by atoms with Gasteiger partial charge in [0.1, 0.15) is 18.0 Å². The lowest BCUT2D eigenvalue weighted by Crippen LogP contribution is -2.40. The van der Waals surface area contributed by atoms with Crippen LogP contribution in [0.3, 0.4) is 0 Å². The number of aryl methyl sites for hydroxylation is 1. The van der Waals surface area contributed by atoms with Crippen LogP contribution in [0.1, 0.15) is 25.0 Å². The Kier molecular flexibility index (Phi) is 8.17. The molecule has 0 aliphatic carbocycles. The zero-order chi connectivity index (χ0) is 24.7. The van der Waals surface area contributed by atoms with E-state index in [9.17, 15) is 13.2 Å². The molecule has 3 aromatic carbocycles. The van der Waals surface area contributed by atoms with Gasteiger partial charge in [-0.2, -0.15) is 0 Å². The molecule has 180 valence electrons. The molecule has 0 aromatic heterocycles. The van der Waals surface area contributed by atoms with Gasteiger partial charge in [-0.1, -0.05) is 35.9 Å². The molecule has 0 aliphatic rings. The SMILES string of the molecule is COc1cccc(N(CC(=O)NCc2cccc(OC(C)C)c2)S(=O)(=O)c2ccc(C)cc2)c1. The quantitative estimate of drug-likeness (QED) is 0.466. The van der Waals surface area contributed by atoms with Gasteiger partial charge in [0.15, 0.2) is 0 Å². The molecule has 1 N–H and O–H groups in total. The molecule has 0 saturated heterocycles. The van der Waals surface area contributed by atoms with Crippen molar-refractivity contribution in [3.8, 4) is 11.5 Å². The lowest BCUT2D eigenvalue weighted by Gasteiger charge is -2.24. The maximum Gasteiger partial charge on any atom is 0.264 e. The summed E-state index contributed by atoms with van der Waals surface area (Å²) in [5.41, 5.74) is 2.12. The van der Waals surface area contributed by atoms with Gasteiger partial charge in [0.2, 0.25) is 5.91 Å². The molecule has 7 nitrogen and oxygen atoms in total. The van der Waals surface area contributed by atoms with E-state index in [2.05, 4.69) is 5.32 Å². The highest BCUT2D eigenvalue weighted by Gasteiger charge is 2.27. The predicted molar refractivity (Wildman–Crippen MR) is 133 cm³/mol. The van der Waals surface area contributed by atoms with Gasteiger partial charge in [-0.15, -0.1) is 0 Å². The number of amides is 1. The second-order valence-corrected chi connectivity index (χ2v) is 9.98. The van der Waals surface area contributed by atoms with Crippen molar-refractivity contribution in [2.24, 2.45) is 0 Å². The second-order valence-electron chi connectivity index (χ2n) is 8.12. The average Bonchev–Trinajstić information content (AvgIpc) is 2.81. The summed E-state index contributed by atoms with van der Waals surface area (Å²) in [6.07, 6.45) is 0.0354. The highest BCUT2D eigenvalue weighted by atomic mass is 32.2. The van der Waals surface area contributed by atoms with Crippen LogP contribution in [0.2, 0.25) is 0 Å². The molecule has 0 bridgehead atoms. The van der Waals surface area contributed by atoms with Crippen LogP contribution in [-0.4, -0.2) is 34.1 Å². The third-order valence-electron chi connectivity index (χ3n) is 5.00. The first-order valence-corrected chi connectivity index (χ1v) is 12.4. The first-order valence-electron chi connectivity index (χ1n) is 10.9. The Morgan fingerprint density at radius 3 is 2.32 bits per heavy atom. The summed E-state index contributed by atoms with van der Waals surface area (Å²) in [7, 11) is -2.50. The number of carbonyl (C=O) groups is 1. The number of ether oxygens (including phenoxy) is 2. The Hall–Kier alpha value is -3.52. The molecule has 0 atom stereocenters. The standard InChI is InChI=1S/C26H30N2O5S/c1-19(2)33-24-10-5-7-21(15-24)17-27-26(29)18-28(22-8-6-9-23(16-22)32-4)34(30,31)25-13-11-20(3)12-14-25/h5-16,19H,17-18H2,1-4H3,(H,27,29). The number of nitrogens with zero attached hydrogens (tertiary/aromatic N) is 1. The van der Waals surface area contributed by atoms with E-state index < -0.39 is 15.9 Å². The Labute approximate surface area is 201 Å². The minimum absolute atomic E-state index is 0.0354. The van der Waals surface area contributed by atoms with Gasteiger partial charge in [-0.05, 0) is 62.7 Å². The number of methoxy groups -OCH3 is 1. The van der Waals surface area contributed by atoms with E-state index in [1.54, 1.807) is 36.4 Å². The van der Waals surface area contributed by atoms with E-state index in [0.717, 1.165) is 15.4 Å². The van der Waals surface area contributed by atoms with Crippen LogP contribution >= 0.6 is 0 Å². The van der Waals surface area contributed by atoms with E-state index in [4.69, 9.17) is 9.47 Å². The van der Waals surface area contributed by atoms with Crippen molar-refractivity contribution >= 4 is 21.6 Å². The van der Waals surface area contributed by atoms with Crippen LogP contribution in [-0.2, 0) is 21.4 Å². The Bertz CT molecular complexity index is 1220. The maximum absolute atomic E-state index is 13.5. The van der Waals surface area contributed by atoms with Crippen LogP contribution in [0.5, 0.6) is 11.5 Å². The molecule has 0 saturated carbocycles. The van der Waals surface area contributed by atoms with Crippen molar-refractivity contribution < 1.29 is 22.7 Å². The monoisotopic (exact) mass is 482 g/mol. The first kappa shape index (κ1) is 25.1. The van der Waals surface area contributed by atoms with Gasteiger partial charge in [-0.25, -0.2) is 8.42 Å². The summed E-state index contributed by atoms with van der Waals surface area (Å²) < 4.78 is 39.0. The van der Waals surface area contributed by atoms with Gasteiger partial charge in [0.05, 0.1) is 23.8 Å². The second kappa shape index (κ2) is 11.1. The fraction of sp³-hybridized carbons (Fsp3) is 0.269. The molecule has 8 heteroatoms. The molecule has 0 unspecified atom stereocenters. The lowest BCUT2D eigenvalue weighted by molar-refractivity contribution is -0.119. The number of anilines is 1. The van der Waals surface area contributed by atoms with Gasteiger partial charge in [-0.3, -0.25) is 9.10 Å². The average molecular weight is 483 g/mol. The van der Waals surface area contributed by atoms with Crippen LogP contribution in [0.4, 0.5) is 5.69 Å². The molecule has 0 heterocycles. The summed E-state index contributed by atoms with van der Waals surface area (Å²) in [6, 6.07) is 20.6. The number of rotatable bonds is 10. The minimum Gasteiger partial charge on any atom is -0.497 e. The normalized spacial score (nSPS) is 11.2. The molecule has 0 fully saturated rings. The summed E-state index contributed by atoms with van der Waals surface area (Å²) in [5.74, 6) is 0.763. The largest absolute Gasteiger partial charge is 0.497 e. The van der Waals surface area contributed by atoms with E-state index in [1.165, 1.54) is 19.2 Å². The molecule has 3 rings (SSSR count). The molecule has 1 amide bonds. The molecular formula is C26H30N2O5S. The molecule has 0 aliphatic heterocycles. The predicted octanol–water partition coefficient (Wildman–Crippen LogP) is 4.30. The van der Waals surface area contributed by atoms with Crippen molar-refractivity contribution in [3.05, 3.63) is 83.9 Å². The number of nitrogens with one attached hydrogen (secondary N) is 1. The van der Waals surface area contributed by atoms with Gasteiger partial charge < -0.3 is 14.8 Å². The van der Waals surface area contributed by atoms with Crippen LogP contribution in [0.15, 0.2) is 77.7 Å². The smallest absolute Gasteiger partial charge is 0.264 e. The van der Waals surface area contributed by atoms with Gasteiger partial charge in [0, 0.05) is 12.6 Å². The Morgan fingerprint density at radius 1 is 0.971 bits per heavy atom. The van der Waals surface area contributed by atoms with Crippen LogP contribution in [0.25, 0.3) is 0 Å². The number of benzene rings is 3. The molecule has 3 aromatic rings. The van der Waals surface area contributed by atoms with Crippen molar-refractivity contribution in [2.45, 2.75) is 38.3 Å². The highest BCUT2D eigenvalue weighted by molar-refractivity contribution is 7.92. The minimum atomic E-state index is -4.00. The van der Waals surface area contributed by atoms with E-state index in [-0.39, 0.29) is 24.1 Å². The third kappa shape index (κ3) is 6.51. The van der Waals surface area contributed by atoms with E-state index >= 15 is 0 Å². The van der Waals surface area contributed by atoms with Gasteiger partial charge >= 0.3 is 0 Å². The molecule has 0 spiro atoms. The lowest BCUT2D eigenvalue weighted by atomic mass is 10.2. The third-order valence-corrected chi connectivity index (χ3v) is 6.79. The highest BCUT2D eigenvalue weighted by Crippen LogP contribution is 2.27. The topological polar surface area (TPSA) is 84.9 Å². The Balaban J connectivity index is 1.82. The van der Waals surface area contributed by atoms with Crippen molar-refractivity contribution in [1.82, 2.24) is 5.32 Å². The van der Waals surface area contributed by atoms with Crippen LogP contribution in [0, 0.1) is 6.92 Å². The van der Waals surface area contributed by atoms with E-state index in [1.807, 2.05) is 45.0 Å². The number of hydrogen-bond acceptors (Lipinski definition) is 5. The van der Waals surface area contributed by atoms with Crippen molar-refractivity contribution in [3.63, 3.8) is 0 Å². The van der Waals surface area contributed by atoms with Gasteiger partial charge in [0.25, 0.3) is 10.0 Å². The zero-order valence-electron chi connectivity index (χ0n) is 19.8. The molecular weight excluding hydrogens is 452 g/mol. The zero-order valence-corrected chi connectivity index (χ0v) is 20.6. The Morgan fingerprint density at radius 2 is 1.65 bits per heavy atom. The number of sulfonamides is 1. The maximum atomic E-state index is 13.5. The summed E-state index contributed by atoms with van der Waals surface area (Å²) in [6.45, 7) is 5.62. The summed E-state index contributed by atoms with van der Waals surface area (Å²) in [5, 5.41) is 2.81. The van der Waals surface area contributed by atoms with Crippen LogP contribution < -0.4 is 19.1 Å². The first-order chi connectivity index (χ1) is 16.2. The molecule has 0 radical (unpaired) electrons. The molecule has 34 heavy (non-hydrogen) atoms. The van der Waals surface area contributed by atoms with Crippen molar-refractivity contribution in [1.29, 1.82) is 0 Å². The fourth-order valence-corrected chi connectivity index (χ4v) is 4.72. The number of carbonyl (C=O) groups excluding carboxylic acids is 1. The fourth-order valence-electron chi connectivity index (χ4n) is 3.31. The summed E-state index contributed by atoms with van der Waals surface area (Å²) >= 11 is 0.